The molecule has 0 aliphatic carbocycles. The highest BCUT2D eigenvalue weighted by molar-refractivity contribution is 6.36. The molecule has 0 aliphatic rings. The molecule has 8 rings (SSSR count). The molecule has 0 spiro atoms. The van der Waals surface area contributed by atoms with Crippen LogP contribution in [0.4, 0.5) is 0 Å². The predicted octanol–water partition coefficient (Wildman–Crippen LogP) is 4.95. The van der Waals surface area contributed by atoms with Gasteiger partial charge < -0.3 is 4.40 Å². The van der Waals surface area contributed by atoms with Gasteiger partial charge in [-0.1, -0.05) is 48.5 Å². The van der Waals surface area contributed by atoms with E-state index in [2.05, 4.69) is 9.38 Å². The van der Waals surface area contributed by atoms with E-state index in [1.54, 1.807) is 6.20 Å². The second-order valence-corrected chi connectivity index (χ2v) is 8.33. The van der Waals surface area contributed by atoms with Gasteiger partial charge >= 0.3 is 0 Å². The number of aromatic nitrogens is 3. The molecule has 0 aliphatic heterocycles. The molecule has 148 valence electrons. The summed E-state index contributed by atoms with van der Waals surface area (Å²) in [4.78, 5) is 31.2. The summed E-state index contributed by atoms with van der Waals surface area (Å²) in [7, 11) is 0. The fraction of sp³-hybridized carbons (Fsp3) is 0. The Bertz CT molecular complexity index is 2190. The zero-order valence-electron chi connectivity index (χ0n) is 16.7. The summed E-state index contributed by atoms with van der Waals surface area (Å²) in [6.45, 7) is 0. The largest absolute Gasteiger partial charge is 0.306 e. The fourth-order valence-corrected chi connectivity index (χ4v) is 5.68. The summed E-state index contributed by atoms with van der Waals surface area (Å²) in [6.07, 6.45) is 1.66. The standard InChI is InChI=1S/C27H13N3O2/c31-26-23-17(13-28-26)21-14-7-1-5-11-19(14)30-24(21)25-22(23)15-8-2-4-10-18(15)29(25)20-12-6-3-9-16(20)27(30)32/h1-13H. The van der Waals surface area contributed by atoms with Crippen molar-refractivity contribution in [2.75, 3.05) is 0 Å². The van der Waals surface area contributed by atoms with E-state index in [0.29, 0.717) is 10.8 Å². The molecule has 0 radical (unpaired) electrons. The second kappa shape index (κ2) is 5.21. The monoisotopic (exact) mass is 411 g/mol. The van der Waals surface area contributed by atoms with Crippen LogP contribution in [0.15, 0.2) is 88.6 Å². The minimum atomic E-state index is -0.231. The average Bonchev–Trinajstić information content (AvgIpc) is 3.46. The van der Waals surface area contributed by atoms with Gasteiger partial charge in [0.1, 0.15) is 0 Å². The van der Waals surface area contributed by atoms with Gasteiger partial charge in [-0.25, -0.2) is 4.98 Å². The van der Waals surface area contributed by atoms with Crippen LogP contribution < -0.4 is 11.1 Å². The number of para-hydroxylation sites is 3. The van der Waals surface area contributed by atoms with Crippen molar-refractivity contribution in [2.24, 2.45) is 0 Å². The van der Waals surface area contributed by atoms with Gasteiger partial charge in [0.25, 0.3) is 11.1 Å². The Labute approximate surface area is 179 Å². The van der Waals surface area contributed by atoms with Crippen LogP contribution >= 0.6 is 0 Å². The van der Waals surface area contributed by atoms with Crippen LogP contribution in [0.5, 0.6) is 0 Å². The fourth-order valence-electron chi connectivity index (χ4n) is 5.68. The summed E-state index contributed by atoms with van der Waals surface area (Å²) in [5.41, 5.74) is 4.04. The molecule has 4 aromatic heterocycles. The number of rotatable bonds is 0. The SMILES string of the molecule is O=c1ncc2c1c1c3ccccc3n3c4ccccc4c(=O)n4c5ccccc5c2c4c13. The number of benzene rings is 4. The van der Waals surface area contributed by atoms with Gasteiger partial charge in [-0.05, 0) is 24.3 Å². The number of hydrogen-bond acceptors (Lipinski definition) is 3. The first-order valence-corrected chi connectivity index (χ1v) is 10.5. The van der Waals surface area contributed by atoms with E-state index in [-0.39, 0.29) is 11.1 Å². The lowest BCUT2D eigenvalue weighted by molar-refractivity contribution is 1.22. The number of nitrogens with zero attached hydrogens (tertiary/aromatic N) is 3. The maximum atomic E-state index is 14.0. The summed E-state index contributed by atoms with van der Waals surface area (Å²) in [5.74, 6) is 0. The minimum Gasteiger partial charge on any atom is -0.306 e. The van der Waals surface area contributed by atoms with Gasteiger partial charge in [0.2, 0.25) is 0 Å². The van der Waals surface area contributed by atoms with Crippen molar-refractivity contribution >= 4 is 65.3 Å². The van der Waals surface area contributed by atoms with Crippen molar-refractivity contribution in [1.29, 1.82) is 0 Å². The van der Waals surface area contributed by atoms with Crippen LogP contribution in [0.3, 0.4) is 0 Å². The lowest BCUT2D eigenvalue weighted by Crippen LogP contribution is -2.09. The van der Waals surface area contributed by atoms with E-state index in [9.17, 15) is 9.59 Å². The molecule has 0 unspecified atom stereocenters. The van der Waals surface area contributed by atoms with Crippen LogP contribution in [-0.4, -0.2) is 13.8 Å². The Kier molecular flexibility index (Phi) is 2.64. The molecule has 0 saturated heterocycles. The molecule has 0 atom stereocenters. The van der Waals surface area contributed by atoms with Crippen molar-refractivity contribution in [3.63, 3.8) is 0 Å². The van der Waals surface area contributed by atoms with Gasteiger partial charge in [-0.3, -0.25) is 14.0 Å². The maximum absolute atomic E-state index is 14.0. The Morgan fingerprint density at radius 3 is 1.78 bits per heavy atom. The highest BCUT2D eigenvalue weighted by atomic mass is 16.1. The Morgan fingerprint density at radius 2 is 1.06 bits per heavy atom. The summed E-state index contributed by atoms with van der Waals surface area (Å²) >= 11 is 0. The van der Waals surface area contributed by atoms with Crippen LogP contribution in [0.2, 0.25) is 0 Å². The van der Waals surface area contributed by atoms with E-state index in [0.717, 1.165) is 54.5 Å². The Hall–Kier alpha value is -4.51. The third-order valence-electron chi connectivity index (χ3n) is 6.87. The molecule has 5 heteroatoms. The molecule has 0 bridgehead atoms. The molecule has 4 heterocycles. The molecule has 4 aromatic carbocycles. The number of fused-ring (bicyclic) bond motifs is 11. The second-order valence-electron chi connectivity index (χ2n) is 8.33. The van der Waals surface area contributed by atoms with Crippen molar-refractivity contribution < 1.29 is 0 Å². The van der Waals surface area contributed by atoms with Crippen molar-refractivity contribution in [3.05, 3.63) is 99.7 Å². The molecular formula is C27H13N3O2. The zero-order valence-corrected chi connectivity index (χ0v) is 16.7. The van der Waals surface area contributed by atoms with Crippen LogP contribution in [-0.2, 0) is 0 Å². The average molecular weight is 411 g/mol. The van der Waals surface area contributed by atoms with E-state index >= 15 is 0 Å². The van der Waals surface area contributed by atoms with E-state index in [1.165, 1.54) is 0 Å². The first-order chi connectivity index (χ1) is 15.8. The molecule has 8 aromatic rings. The van der Waals surface area contributed by atoms with Gasteiger partial charge in [0.15, 0.2) is 0 Å². The Balaban J connectivity index is 2.01. The summed E-state index contributed by atoms with van der Waals surface area (Å²) in [6, 6.07) is 23.7. The Morgan fingerprint density at radius 1 is 0.531 bits per heavy atom. The van der Waals surface area contributed by atoms with Gasteiger partial charge in [0, 0.05) is 33.1 Å². The smallest absolute Gasteiger partial charge is 0.278 e. The van der Waals surface area contributed by atoms with E-state index < -0.39 is 0 Å². The molecule has 5 nitrogen and oxygen atoms in total. The van der Waals surface area contributed by atoms with Crippen LogP contribution in [0, 0.1) is 0 Å². The summed E-state index contributed by atoms with van der Waals surface area (Å²) < 4.78 is 3.97. The molecular weight excluding hydrogens is 398 g/mol. The van der Waals surface area contributed by atoms with Gasteiger partial charge in [-0.15, -0.1) is 0 Å². The topological polar surface area (TPSA) is 55.9 Å². The lowest BCUT2D eigenvalue weighted by Gasteiger charge is -2.02. The van der Waals surface area contributed by atoms with Crippen LogP contribution in [0.1, 0.15) is 0 Å². The first-order valence-electron chi connectivity index (χ1n) is 10.5. The first kappa shape index (κ1) is 16.2. The van der Waals surface area contributed by atoms with Gasteiger partial charge in [0.05, 0.1) is 38.4 Å². The molecule has 0 fully saturated rings. The normalized spacial score (nSPS) is 12.6. The van der Waals surface area contributed by atoms with E-state index in [4.69, 9.17) is 0 Å². The highest BCUT2D eigenvalue weighted by Crippen LogP contribution is 2.43. The van der Waals surface area contributed by atoms with Crippen molar-refractivity contribution in [1.82, 2.24) is 13.8 Å². The molecule has 32 heavy (non-hydrogen) atoms. The van der Waals surface area contributed by atoms with Crippen LogP contribution in [0.25, 0.3) is 65.3 Å². The third kappa shape index (κ3) is 1.61. The molecule has 0 amide bonds. The minimum absolute atomic E-state index is 0.0675. The molecule has 0 saturated carbocycles. The lowest BCUT2D eigenvalue weighted by atomic mass is 10.0. The molecule has 0 N–H and O–H groups in total. The van der Waals surface area contributed by atoms with Crippen molar-refractivity contribution in [3.8, 4) is 0 Å². The zero-order chi connectivity index (χ0) is 21.1. The van der Waals surface area contributed by atoms with E-state index in [1.807, 2.05) is 77.2 Å². The third-order valence-corrected chi connectivity index (χ3v) is 6.87. The van der Waals surface area contributed by atoms with Gasteiger partial charge in [-0.2, -0.15) is 0 Å². The maximum Gasteiger partial charge on any atom is 0.278 e. The predicted molar refractivity (Wildman–Crippen MR) is 129 cm³/mol. The highest BCUT2D eigenvalue weighted by Gasteiger charge is 2.25. The van der Waals surface area contributed by atoms with Crippen molar-refractivity contribution in [2.45, 2.75) is 0 Å². The quantitative estimate of drug-likeness (QED) is 0.355. The number of hydrogen-bond donors (Lipinski definition) is 0. The summed E-state index contributed by atoms with van der Waals surface area (Å²) in [5, 5.41) is 5.76.